The molecule has 0 radical (unpaired) electrons. The van der Waals surface area contributed by atoms with E-state index in [1.165, 1.54) is 48.4 Å². The molecule has 3 aromatic carbocycles. The van der Waals surface area contributed by atoms with Gasteiger partial charge < -0.3 is 63.9 Å². The number of ether oxygens (including phenoxy) is 8. The van der Waals surface area contributed by atoms with Gasteiger partial charge in [0.25, 0.3) is 0 Å². The highest BCUT2D eigenvalue weighted by Gasteiger charge is 2.28. The van der Waals surface area contributed by atoms with E-state index in [4.69, 9.17) is 49.1 Å². The molecule has 0 aliphatic carbocycles. The van der Waals surface area contributed by atoms with Crippen LogP contribution in [0.15, 0.2) is 91.4 Å². The maximum absolute atomic E-state index is 12.5. The Kier molecular flexibility index (Phi) is 45.8. The number of rotatable bonds is 31. The van der Waals surface area contributed by atoms with Crippen LogP contribution in [0.5, 0.6) is 0 Å². The van der Waals surface area contributed by atoms with Crippen LogP contribution in [0.25, 0.3) is 32.7 Å². The Hall–Kier alpha value is -7.88. The third-order valence-electron chi connectivity index (χ3n) is 15.1. The van der Waals surface area contributed by atoms with Crippen molar-refractivity contribution in [3.05, 3.63) is 108 Å². The molecular formula is C80H121IN4O20. The highest BCUT2D eigenvalue weighted by Crippen LogP contribution is 2.34. The highest BCUT2D eigenvalue weighted by molar-refractivity contribution is 14.1. The lowest BCUT2D eigenvalue weighted by atomic mass is 9.92. The number of carbonyl (C=O) groups excluding carboxylic acids is 8. The second kappa shape index (κ2) is 50.6. The number of carboxylic acid groups (broad SMARTS) is 1. The van der Waals surface area contributed by atoms with Crippen molar-refractivity contribution in [3.63, 3.8) is 0 Å². The molecular weight excluding hydrogens is 1460 g/mol. The number of esters is 6. The molecule has 2 unspecified atom stereocenters. The van der Waals surface area contributed by atoms with Crippen molar-refractivity contribution in [3.8, 4) is 0 Å². The summed E-state index contributed by atoms with van der Waals surface area (Å²) in [6.45, 7) is 23.5. The van der Waals surface area contributed by atoms with Crippen LogP contribution < -0.4 is 5.73 Å². The van der Waals surface area contributed by atoms with Gasteiger partial charge in [0, 0.05) is 79.2 Å². The number of aromatic nitrogens is 3. The second-order valence-corrected chi connectivity index (χ2v) is 29.8. The molecule has 6 rings (SSSR count). The van der Waals surface area contributed by atoms with Crippen molar-refractivity contribution in [1.82, 2.24) is 14.1 Å². The number of halogens is 1. The van der Waals surface area contributed by atoms with Crippen LogP contribution in [0.1, 0.15) is 240 Å². The van der Waals surface area contributed by atoms with Crippen LogP contribution in [0.2, 0.25) is 0 Å². The number of hydrogen-bond donors (Lipinski definition) is 5. The molecule has 588 valence electrons. The number of nitrogens with one attached hydrogen (secondary N) is 1. The molecule has 3 heterocycles. The molecule has 25 heteroatoms. The number of unbranched alkanes of at least 4 members (excludes halogenated alkanes) is 9. The van der Waals surface area contributed by atoms with Gasteiger partial charge in [0.15, 0.2) is 0 Å². The number of methoxy groups -OCH3 is 4. The number of nitrogens with zero attached hydrogens (tertiary/aromatic N) is 2. The number of carboxylic acids is 1. The molecule has 0 aliphatic rings. The van der Waals surface area contributed by atoms with Crippen LogP contribution in [0.4, 0.5) is 9.59 Å². The number of aliphatic carboxylic acids is 1. The molecule has 24 nitrogen and oxygen atoms in total. The van der Waals surface area contributed by atoms with Gasteiger partial charge in [-0.3, -0.25) is 42.7 Å². The maximum atomic E-state index is 12.5. The van der Waals surface area contributed by atoms with E-state index in [0.29, 0.717) is 62.5 Å². The lowest BCUT2D eigenvalue weighted by Crippen LogP contribution is -2.23. The fourth-order valence-electron chi connectivity index (χ4n) is 10.5. The van der Waals surface area contributed by atoms with Gasteiger partial charge in [-0.15, -0.1) is 0 Å². The Morgan fingerprint density at radius 2 is 0.838 bits per heavy atom. The van der Waals surface area contributed by atoms with Crippen molar-refractivity contribution < 1.29 is 96.4 Å². The Labute approximate surface area is 634 Å². The minimum absolute atomic E-state index is 0.0686. The minimum Gasteiger partial charge on any atom is -0.481 e. The fraction of sp³-hybridized carbons (Fsp3) is 0.588. The molecule has 2 atom stereocenters. The number of para-hydroxylation sites is 3. The van der Waals surface area contributed by atoms with Gasteiger partial charge in [-0.2, -0.15) is 0 Å². The molecule has 0 saturated heterocycles. The number of aromatic amines is 1. The smallest absolute Gasteiger partial charge is 0.418 e. The quantitative estimate of drug-likeness (QED) is 0.00887. The Bertz CT molecular complexity index is 3520. The summed E-state index contributed by atoms with van der Waals surface area (Å²) >= 11 is 2.35. The van der Waals surface area contributed by atoms with E-state index in [-0.39, 0.29) is 66.7 Å². The number of alkyl halides is 1. The van der Waals surface area contributed by atoms with Gasteiger partial charge in [-0.25, -0.2) is 9.59 Å². The molecule has 6 aromatic rings. The molecule has 0 aliphatic heterocycles. The van der Waals surface area contributed by atoms with Crippen molar-refractivity contribution in [2.24, 2.45) is 5.73 Å². The predicted molar refractivity (Wildman–Crippen MR) is 416 cm³/mol. The van der Waals surface area contributed by atoms with E-state index in [1.54, 1.807) is 24.7 Å². The summed E-state index contributed by atoms with van der Waals surface area (Å²) in [7, 11) is 5.33. The zero-order valence-electron chi connectivity index (χ0n) is 65.1. The van der Waals surface area contributed by atoms with Crippen molar-refractivity contribution in [1.29, 1.82) is 0 Å². The first-order valence-corrected chi connectivity index (χ1v) is 37.6. The molecule has 0 saturated carbocycles. The summed E-state index contributed by atoms with van der Waals surface area (Å²) in [6.07, 6.45) is 19.1. The van der Waals surface area contributed by atoms with Crippen LogP contribution in [-0.2, 0) is 77.9 Å². The number of H-pyrrole nitrogens is 1. The molecule has 0 fully saturated rings. The van der Waals surface area contributed by atoms with E-state index >= 15 is 0 Å². The zero-order valence-corrected chi connectivity index (χ0v) is 67.3. The second-order valence-electron chi connectivity index (χ2n) is 28.8. The van der Waals surface area contributed by atoms with Gasteiger partial charge in [0.05, 0.1) is 57.7 Å². The van der Waals surface area contributed by atoms with E-state index in [1.807, 2.05) is 150 Å². The van der Waals surface area contributed by atoms with E-state index < -0.39 is 41.2 Å². The van der Waals surface area contributed by atoms with Crippen LogP contribution in [-0.4, -0.2) is 158 Å². The van der Waals surface area contributed by atoms with Crippen molar-refractivity contribution >= 4 is 109 Å². The average molecular weight is 1590 g/mol. The third-order valence-corrected chi connectivity index (χ3v) is 15.9. The lowest BCUT2D eigenvalue weighted by molar-refractivity contribution is -0.156. The number of benzene rings is 3. The van der Waals surface area contributed by atoms with Crippen LogP contribution >= 0.6 is 22.6 Å². The normalized spacial score (nSPS) is 11.7. The number of aliphatic hydroxyl groups excluding tert-OH is 2. The summed E-state index contributed by atoms with van der Waals surface area (Å²) in [6, 6.07) is 22.4. The number of carbonyl (C=O) groups is 9. The summed E-state index contributed by atoms with van der Waals surface area (Å²) in [5.74, 6) is -3.17. The first-order chi connectivity index (χ1) is 49.4. The first-order valence-electron chi connectivity index (χ1n) is 36.1. The summed E-state index contributed by atoms with van der Waals surface area (Å²) < 4.78 is 44.1. The Balaban J connectivity index is 0.000000666. The van der Waals surface area contributed by atoms with Crippen LogP contribution in [0.3, 0.4) is 0 Å². The maximum Gasteiger partial charge on any atom is 0.418 e. The molecule has 105 heavy (non-hydrogen) atoms. The summed E-state index contributed by atoms with van der Waals surface area (Å²) in [5.41, 5.74) is 8.09. The fourth-order valence-corrected chi connectivity index (χ4v) is 11.0. The standard InChI is InChI=1S/C23H31NO6.C20H27NO4.C13H13NO4.C10H19IO2.C10H20O3.C4H11NO/c1-23(2,3)30-20(25)14-8-6-7-12-17(21(26)28-4)18-15-24(22(27)29-5)19-13-10-9-11-16(18)19;1-20(2,3)25-18(22)12-6-4-5-10-15(19(23)24)16-13-21-17-11-8-7-9-14(16)17;1-17-12(15)7-9-8-14(13(16)18-2)11-6-4-3-5-10(9)11;2*1-10(2,3)13-9(12)7-5-4-6-8-11;5-3-1-2-4-6/h9-11,13,15,17H,6-8,12,14H2,1-5H3;7-9,11,13,15,21H,4-6,10,12H2,1-3H3,(H,23,24);3-6,8H,7H2,1-2H3;4-8H2,1-3H3;11H,4-8H2,1-3H3;6H,1-5H2. The zero-order chi connectivity index (χ0) is 79.3. The van der Waals surface area contributed by atoms with E-state index in [2.05, 4.69) is 32.3 Å². The number of hydrogen-bond acceptors (Lipinski definition) is 20. The largest absolute Gasteiger partial charge is 0.481 e. The predicted octanol–water partition coefficient (Wildman–Crippen LogP) is 16.3. The van der Waals surface area contributed by atoms with Gasteiger partial charge >= 0.3 is 54.0 Å². The van der Waals surface area contributed by atoms with Crippen molar-refractivity contribution in [2.75, 3.05) is 52.6 Å². The SMILES string of the molecule is CC(C)(C)OC(=O)CCCCCC(C(=O)O)c1c[nH]c2ccccc12.CC(C)(C)OC(=O)CCCCCI.CC(C)(C)OC(=O)CCCCCO.COC(=O)C(CCCCCC(=O)OC(C)(C)C)c1cn(C(=O)OC)c2ccccc12.COC(=O)Cc1cn(C(=O)OC)c2ccccc12.NCCCCO. The topological polar surface area (TPSA) is 340 Å². The summed E-state index contributed by atoms with van der Waals surface area (Å²) in [4.78, 5) is 108. The lowest BCUT2D eigenvalue weighted by Gasteiger charge is -2.19. The molecule has 0 spiro atoms. The molecule has 0 amide bonds. The van der Waals surface area contributed by atoms with Gasteiger partial charge in [-0.05, 0) is 193 Å². The van der Waals surface area contributed by atoms with E-state index in [0.717, 1.165) is 115 Å². The highest BCUT2D eigenvalue weighted by atomic mass is 127. The van der Waals surface area contributed by atoms with Crippen LogP contribution in [0, 0.1) is 0 Å². The van der Waals surface area contributed by atoms with E-state index in [9.17, 15) is 48.3 Å². The Morgan fingerprint density at radius 3 is 1.24 bits per heavy atom. The minimum atomic E-state index is -0.808. The van der Waals surface area contributed by atoms with Gasteiger partial charge in [0.2, 0.25) is 0 Å². The monoisotopic (exact) mass is 1580 g/mol. The average Bonchev–Trinajstić information content (AvgIpc) is 1.65. The number of fused-ring (bicyclic) bond motifs is 3. The third kappa shape index (κ3) is 40.4. The molecule has 3 aromatic heterocycles. The van der Waals surface area contributed by atoms with Gasteiger partial charge in [0.1, 0.15) is 22.4 Å². The molecule has 0 bridgehead atoms. The molecule has 6 N–H and O–H groups in total. The number of aliphatic hydroxyl groups is 2. The summed E-state index contributed by atoms with van der Waals surface area (Å²) in [5, 5.41) is 28.8. The Morgan fingerprint density at radius 1 is 0.448 bits per heavy atom. The van der Waals surface area contributed by atoms with Gasteiger partial charge in [-0.1, -0.05) is 116 Å². The first kappa shape index (κ1) is 95.1. The van der Waals surface area contributed by atoms with Crippen molar-refractivity contribution in [2.45, 2.75) is 252 Å². The number of nitrogens with two attached hydrogens (primary N) is 1.